The molecule has 0 fully saturated rings. The van der Waals surface area contributed by atoms with Crippen LogP contribution in [0.2, 0.25) is 5.02 Å². The third-order valence-corrected chi connectivity index (χ3v) is 5.32. The van der Waals surface area contributed by atoms with Crippen LogP contribution in [0.25, 0.3) is 0 Å². The van der Waals surface area contributed by atoms with E-state index >= 15 is 0 Å². The zero-order chi connectivity index (χ0) is 10.8. The van der Waals surface area contributed by atoms with Crippen molar-refractivity contribution in [3.8, 4) is 0 Å². The first-order valence-electron chi connectivity index (χ1n) is 4.62. The van der Waals surface area contributed by atoms with Crippen molar-refractivity contribution in [3.63, 3.8) is 0 Å². The normalized spacial score (nSPS) is 12.7. The zero-order valence-electron chi connectivity index (χ0n) is 8.21. The Morgan fingerprint density at radius 1 is 1.27 bits per heavy atom. The van der Waals surface area contributed by atoms with Gasteiger partial charge in [0, 0.05) is 4.88 Å². The molecule has 1 atom stereocenters. The van der Waals surface area contributed by atoms with Crippen LogP contribution >= 0.6 is 38.9 Å². The van der Waals surface area contributed by atoms with Gasteiger partial charge in [-0.25, -0.2) is 0 Å². The third kappa shape index (κ3) is 2.27. The van der Waals surface area contributed by atoms with Crippen LogP contribution in [0.15, 0.2) is 35.7 Å². The Balaban J connectivity index is 2.37. The lowest BCUT2D eigenvalue weighted by atomic mass is 10.1. The molecule has 0 aliphatic carbocycles. The Morgan fingerprint density at radius 3 is 2.47 bits per heavy atom. The fourth-order valence-corrected chi connectivity index (χ4v) is 3.69. The lowest BCUT2D eigenvalue weighted by Gasteiger charge is -2.08. The highest BCUT2D eigenvalue weighted by atomic mass is 79.9. The summed E-state index contributed by atoms with van der Waals surface area (Å²) in [5.41, 5.74) is 2.39. The molecule has 15 heavy (non-hydrogen) atoms. The lowest BCUT2D eigenvalue weighted by molar-refractivity contribution is 1.22. The van der Waals surface area contributed by atoms with E-state index in [9.17, 15) is 0 Å². The van der Waals surface area contributed by atoms with Crippen molar-refractivity contribution >= 4 is 38.9 Å². The molecule has 3 heteroatoms. The quantitative estimate of drug-likeness (QED) is 0.669. The number of alkyl halides is 1. The van der Waals surface area contributed by atoms with Crippen molar-refractivity contribution in [2.45, 2.75) is 11.8 Å². The van der Waals surface area contributed by atoms with Crippen molar-refractivity contribution in [2.24, 2.45) is 0 Å². The van der Waals surface area contributed by atoms with Gasteiger partial charge in [0.2, 0.25) is 0 Å². The van der Waals surface area contributed by atoms with Gasteiger partial charge >= 0.3 is 0 Å². The predicted octanol–water partition coefficient (Wildman–Crippen LogP) is 5.19. The van der Waals surface area contributed by atoms with Crippen LogP contribution in [0, 0.1) is 6.92 Å². The highest BCUT2D eigenvalue weighted by Crippen LogP contribution is 2.40. The van der Waals surface area contributed by atoms with Crippen molar-refractivity contribution in [1.82, 2.24) is 0 Å². The average Bonchev–Trinajstić information content (AvgIpc) is 2.60. The molecule has 0 saturated heterocycles. The van der Waals surface area contributed by atoms with Crippen molar-refractivity contribution in [3.05, 3.63) is 56.7 Å². The standard InChI is InChI=1S/C12H10BrClS/c1-8-7-15-12(11(8)14)10(13)9-5-3-2-4-6-9/h2-7,10H,1H3. The van der Waals surface area contributed by atoms with E-state index in [-0.39, 0.29) is 4.83 Å². The molecule has 1 heterocycles. The highest BCUT2D eigenvalue weighted by Gasteiger charge is 2.16. The summed E-state index contributed by atoms with van der Waals surface area (Å²) in [5, 5.41) is 2.97. The zero-order valence-corrected chi connectivity index (χ0v) is 11.4. The summed E-state index contributed by atoms with van der Waals surface area (Å²) in [5.74, 6) is 0. The molecule has 1 aromatic heterocycles. The SMILES string of the molecule is Cc1csc(C(Br)c2ccccc2)c1Cl. The summed E-state index contributed by atoms with van der Waals surface area (Å²) in [7, 11) is 0. The second-order valence-electron chi connectivity index (χ2n) is 3.37. The molecule has 0 aliphatic heterocycles. The summed E-state index contributed by atoms with van der Waals surface area (Å²) in [6.45, 7) is 2.03. The van der Waals surface area contributed by atoms with Crippen molar-refractivity contribution in [2.75, 3.05) is 0 Å². The lowest BCUT2D eigenvalue weighted by Crippen LogP contribution is -1.89. The van der Waals surface area contributed by atoms with Crippen LogP contribution in [0.1, 0.15) is 20.8 Å². The Morgan fingerprint density at radius 2 is 1.93 bits per heavy atom. The summed E-state index contributed by atoms with van der Waals surface area (Å²) >= 11 is 11.6. The molecule has 2 aromatic rings. The fourth-order valence-electron chi connectivity index (χ4n) is 1.39. The minimum Gasteiger partial charge on any atom is -0.145 e. The molecule has 2 rings (SSSR count). The average molecular weight is 302 g/mol. The molecular formula is C12H10BrClS. The molecule has 78 valence electrons. The number of halogens is 2. The number of thiophene rings is 1. The Bertz CT molecular complexity index is 450. The van der Waals surface area contributed by atoms with Crippen LogP contribution in [0.5, 0.6) is 0 Å². The van der Waals surface area contributed by atoms with Crippen LogP contribution in [-0.2, 0) is 0 Å². The maximum absolute atomic E-state index is 6.23. The Hall–Kier alpha value is -0.310. The van der Waals surface area contributed by atoms with Gasteiger partial charge in [0.1, 0.15) is 0 Å². The van der Waals surface area contributed by atoms with Crippen LogP contribution < -0.4 is 0 Å². The van der Waals surface area contributed by atoms with Gasteiger partial charge in [-0.1, -0.05) is 57.9 Å². The molecule has 0 nitrogen and oxygen atoms in total. The minimum atomic E-state index is 0.199. The van der Waals surface area contributed by atoms with E-state index in [0.29, 0.717) is 0 Å². The second kappa shape index (κ2) is 4.69. The van der Waals surface area contributed by atoms with Gasteiger partial charge < -0.3 is 0 Å². The molecule has 0 spiro atoms. The maximum Gasteiger partial charge on any atom is 0.0753 e. The molecule has 0 amide bonds. The van der Waals surface area contributed by atoms with Gasteiger partial charge in [-0.3, -0.25) is 0 Å². The number of rotatable bonds is 2. The van der Waals surface area contributed by atoms with Gasteiger partial charge in [0.15, 0.2) is 0 Å². The van der Waals surface area contributed by atoms with E-state index in [0.717, 1.165) is 10.6 Å². The third-order valence-electron chi connectivity index (χ3n) is 2.25. The summed E-state index contributed by atoms with van der Waals surface area (Å²) in [6, 6.07) is 10.3. The monoisotopic (exact) mass is 300 g/mol. The first-order valence-corrected chi connectivity index (χ1v) is 6.80. The number of hydrogen-bond acceptors (Lipinski definition) is 1. The second-order valence-corrected chi connectivity index (χ2v) is 5.58. The van der Waals surface area contributed by atoms with Crippen molar-refractivity contribution < 1.29 is 0 Å². The Labute approximate surface area is 107 Å². The fraction of sp³-hybridized carbons (Fsp3) is 0.167. The van der Waals surface area contributed by atoms with Gasteiger partial charge in [-0.2, -0.15) is 0 Å². The van der Waals surface area contributed by atoms with Crippen LogP contribution in [0.4, 0.5) is 0 Å². The number of benzene rings is 1. The van der Waals surface area contributed by atoms with E-state index in [1.54, 1.807) is 11.3 Å². The van der Waals surface area contributed by atoms with E-state index in [4.69, 9.17) is 11.6 Å². The minimum absolute atomic E-state index is 0.199. The van der Waals surface area contributed by atoms with Gasteiger partial charge in [-0.15, -0.1) is 11.3 Å². The predicted molar refractivity (Wildman–Crippen MR) is 71.3 cm³/mol. The van der Waals surface area contributed by atoms with Crippen molar-refractivity contribution in [1.29, 1.82) is 0 Å². The molecule has 0 bridgehead atoms. The molecular weight excluding hydrogens is 292 g/mol. The van der Waals surface area contributed by atoms with Crippen LogP contribution in [-0.4, -0.2) is 0 Å². The van der Waals surface area contributed by atoms with Gasteiger partial charge in [0.25, 0.3) is 0 Å². The Kier molecular flexibility index (Phi) is 3.49. The van der Waals surface area contributed by atoms with E-state index in [1.807, 2.05) is 25.1 Å². The van der Waals surface area contributed by atoms with Gasteiger partial charge in [-0.05, 0) is 23.4 Å². The number of hydrogen-bond donors (Lipinski definition) is 0. The molecule has 0 radical (unpaired) electrons. The smallest absolute Gasteiger partial charge is 0.0753 e. The first-order chi connectivity index (χ1) is 7.20. The summed E-state index contributed by atoms with van der Waals surface area (Å²) in [6.07, 6.45) is 0. The topological polar surface area (TPSA) is 0 Å². The molecule has 1 unspecified atom stereocenters. The molecule has 0 aliphatic rings. The summed E-state index contributed by atoms with van der Waals surface area (Å²) < 4.78 is 0. The van der Waals surface area contributed by atoms with Crippen LogP contribution in [0.3, 0.4) is 0 Å². The maximum atomic E-state index is 6.23. The number of aryl methyl sites for hydroxylation is 1. The molecule has 0 N–H and O–H groups in total. The van der Waals surface area contributed by atoms with E-state index < -0.39 is 0 Å². The largest absolute Gasteiger partial charge is 0.145 e. The van der Waals surface area contributed by atoms with E-state index in [2.05, 4.69) is 33.4 Å². The molecule has 1 aromatic carbocycles. The first kappa shape index (κ1) is 11.2. The van der Waals surface area contributed by atoms with E-state index in [1.165, 1.54) is 10.4 Å². The summed E-state index contributed by atoms with van der Waals surface area (Å²) in [4.78, 5) is 1.38. The highest BCUT2D eigenvalue weighted by molar-refractivity contribution is 9.09. The van der Waals surface area contributed by atoms with Gasteiger partial charge in [0.05, 0.1) is 9.85 Å². The molecule has 0 saturated carbocycles.